The van der Waals surface area contributed by atoms with E-state index in [9.17, 15) is 0 Å². The Morgan fingerprint density at radius 2 is 1.97 bits per heavy atom. The molecule has 0 bridgehead atoms. The summed E-state index contributed by atoms with van der Waals surface area (Å²) in [6, 6.07) is 8.57. The van der Waals surface area contributed by atoms with Crippen LogP contribution >= 0.6 is 23.4 Å². The monoisotopic (exact) mass is 453 g/mol. The molecule has 3 aromatic rings. The number of nitrogens with two attached hydrogens (primary N) is 2. The van der Waals surface area contributed by atoms with Gasteiger partial charge in [0.25, 0.3) is 0 Å². The molecule has 1 saturated heterocycles. The molecule has 1 aliphatic heterocycles. The van der Waals surface area contributed by atoms with Crippen molar-refractivity contribution in [3.8, 4) is 0 Å². The van der Waals surface area contributed by atoms with Gasteiger partial charge in [-0.1, -0.05) is 47.1 Å². The highest BCUT2D eigenvalue weighted by Crippen LogP contribution is 2.51. The van der Waals surface area contributed by atoms with Gasteiger partial charge in [0.2, 0.25) is 5.95 Å². The van der Waals surface area contributed by atoms with Crippen LogP contribution in [0.3, 0.4) is 0 Å². The van der Waals surface area contributed by atoms with E-state index < -0.39 is 0 Å². The summed E-state index contributed by atoms with van der Waals surface area (Å²) in [7, 11) is 0. The molecule has 31 heavy (non-hydrogen) atoms. The zero-order valence-electron chi connectivity index (χ0n) is 17.3. The Hall–Kier alpha value is -2.42. The molecule has 1 fully saturated rings. The third-order valence-corrected chi connectivity index (χ3v) is 7.97. The quantitative estimate of drug-likeness (QED) is 0.616. The van der Waals surface area contributed by atoms with Gasteiger partial charge in [0, 0.05) is 30.2 Å². The molecule has 0 saturated carbocycles. The molecule has 0 amide bonds. The molecule has 7 nitrogen and oxygen atoms in total. The molecule has 0 radical (unpaired) electrons. The number of aryl methyl sites for hydroxylation is 1. The summed E-state index contributed by atoms with van der Waals surface area (Å²) in [5, 5.41) is 9.77. The third-order valence-electron chi connectivity index (χ3n) is 6.50. The van der Waals surface area contributed by atoms with Gasteiger partial charge in [-0.15, -0.1) is 10.2 Å². The van der Waals surface area contributed by atoms with Crippen LogP contribution in [0.1, 0.15) is 35.6 Å². The van der Waals surface area contributed by atoms with E-state index in [1.54, 1.807) is 18.5 Å². The normalized spacial score (nSPS) is 19.6. The van der Waals surface area contributed by atoms with Gasteiger partial charge in [-0.05, 0) is 48.8 Å². The molecule has 0 unspecified atom stereocenters. The fourth-order valence-electron chi connectivity index (χ4n) is 4.73. The second-order valence-corrected chi connectivity index (χ2v) is 9.85. The number of fused-ring (bicyclic) bond motifs is 1. The van der Waals surface area contributed by atoms with Crippen molar-refractivity contribution in [1.29, 1.82) is 0 Å². The minimum atomic E-state index is 0.0978. The second kappa shape index (κ2) is 7.93. The lowest BCUT2D eigenvalue weighted by Crippen LogP contribution is -2.45. The largest absolute Gasteiger partial charge is 0.382 e. The highest BCUT2D eigenvalue weighted by Gasteiger charge is 2.46. The number of hydrogen-bond acceptors (Lipinski definition) is 8. The molecule has 2 aromatic heterocycles. The Labute approximate surface area is 190 Å². The molecule has 9 heteroatoms. The summed E-state index contributed by atoms with van der Waals surface area (Å²) >= 11 is 7.58. The van der Waals surface area contributed by atoms with E-state index in [2.05, 4.69) is 50.2 Å². The summed E-state index contributed by atoms with van der Waals surface area (Å²) in [5.41, 5.74) is 16.6. The van der Waals surface area contributed by atoms with Gasteiger partial charge in [-0.2, -0.15) is 0 Å². The van der Waals surface area contributed by atoms with Gasteiger partial charge in [-0.3, -0.25) is 0 Å². The first kappa shape index (κ1) is 20.5. The summed E-state index contributed by atoms with van der Waals surface area (Å²) in [6.07, 6.45) is 6.45. The molecule has 160 valence electrons. The maximum Gasteiger partial charge on any atom is 0.245 e. The van der Waals surface area contributed by atoms with Crippen LogP contribution in [0.15, 0.2) is 46.6 Å². The number of anilines is 2. The molecule has 1 aromatic carbocycles. The van der Waals surface area contributed by atoms with Crippen LogP contribution < -0.4 is 16.4 Å². The molecule has 5 rings (SSSR count). The van der Waals surface area contributed by atoms with Crippen molar-refractivity contribution in [2.45, 2.75) is 42.1 Å². The van der Waals surface area contributed by atoms with Crippen LogP contribution in [-0.2, 0) is 6.42 Å². The lowest BCUT2D eigenvalue weighted by atomic mass is 9.73. The van der Waals surface area contributed by atoms with E-state index in [0.29, 0.717) is 21.8 Å². The molecule has 1 atom stereocenters. The Bertz CT molecular complexity index is 1110. The number of halogens is 1. The summed E-state index contributed by atoms with van der Waals surface area (Å²) in [4.78, 5) is 11.5. The maximum absolute atomic E-state index is 6.72. The first-order chi connectivity index (χ1) is 14.9. The zero-order valence-corrected chi connectivity index (χ0v) is 18.8. The van der Waals surface area contributed by atoms with Crippen LogP contribution in [0.25, 0.3) is 0 Å². The van der Waals surface area contributed by atoms with Crippen LogP contribution in [0.5, 0.6) is 0 Å². The highest BCUT2D eigenvalue weighted by atomic mass is 35.5. The Morgan fingerprint density at radius 1 is 1.16 bits per heavy atom. The predicted octanol–water partition coefficient (Wildman–Crippen LogP) is 3.80. The average molecular weight is 454 g/mol. The van der Waals surface area contributed by atoms with Crippen LogP contribution in [0.4, 0.5) is 11.8 Å². The SMILES string of the molecule is Cc1ccc2c(c1)CC1(CCN(c3ncc(Sc4ccnc(N)c4Cl)nn3)CC1)[C@H]2N. The van der Waals surface area contributed by atoms with Crippen molar-refractivity contribution in [2.24, 2.45) is 11.1 Å². The standard InChI is InChI=1S/C22H24ClN7S/c1-13-2-3-15-14(10-13)11-22(19(15)24)5-8-30(9-6-22)21-27-12-17(28-29-21)31-16-4-7-26-20(25)18(16)23/h2-4,7,10,12,19H,5-6,8-9,11,24H2,1H3,(H2,25,26)/t19-/m0/s1. The van der Waals surface area contributed by atoms with E-state index in [1.165, 1.54) is 28.5 Å². The zero-order chi connectivity index (χ0) is 21.6. The molecule has 2 aliphatic rings. The van der Waals surface area contributed by atoms with Crippen molar-refractivity contribution in [2.75, 3.05) is 23.7 Å². The molecule has 3 heterocycles. The molecular formula is C22H24ClN7S. The van der Waals surface area contributed by atoms with E-state index in [-0.39, 0.29) is 11.5 Å². The van der Waals surface area contributed by atoms with Crippen molar-refractivity contribution >= 4 is 35.1 Å². The van der Waals surface area contributed by atoms with Crippen LogP contribution in [0, 0.1) is 12.3 Å². The van der Waals surface area contributed by atoms with E-state index >= 15 is 0 Å². The number of pyridine rings is 1. The van der Waals surface area contributed by atoms with E-state index in [0.717, 1.165) is 37.2 Å². The van der Waals surface area contributed by atoms with Crippen molar-refractivity contribution < 1.29 is 0 Å². The number of rotatable bonds is 3. The fraction of sp³-hybridized carbons (Fsp3) is 0.364. The number of nitrogens with zero attached hydrogens (tertiary/aromatic N) is 5. The van der Waals surface area contributed by atoms with Crippen molar-refractivity contribution in [3.05, 3.63) is 58.4 Å². The van der Waals surface area contributed by atoms with Gasteiger partial charge < -0.3 is 16.4 Å². The Kier molecular flexibility index (Phi) is 5.24. The molecule has 1 spiro atoms. The first-order valence-electron chi connectivity index (χ1n) is 10.3. The van der Waals surface area contributed by atoms with Gasteiger partial charge in [0.15, 0.2) is 0 Å². The number of benzene rings is 1. The lowest BCUT2D eigenvalue weighted by Gasteiger charge is -2.42. The molecular weight excluding hydrogens is 430 g/mol. The Balaban J connectivity index is 1.26. The van der Waals surface area contributed by atoms with Crippen molar-refractivity contribution in [1.82, 2.24) is 20.2 Å². The van der Waals surface area contributed by atoms with Gasteiger partial charge in [0.05, 0.1) is 11.2 Å². The number of nitrogen functional groups attached to an aromatic ring is 1. The van der Waals surface area contributed by atoms with Gasteiger partial charge >= 0.3 is 0 Å². The van der Waals surface area contributed by atoms with E-state index in [4.69, 9.17) is 23.1 Å². The second-order valence-electron chi connectivity index (χ2n) is 8.41. The van der Waals surface area contributed by atoms with Gasteiger partial charge in [0.1, 0.15) is 10.8 Å². The minimum Gasteiger partial charge on any atom is -0.382 e. The predicted molar refractivity (Wildman–Crippen MR) is 123 cm³/mol. The number of piperidine rings is 1. The topological polar surface area (TPSA) is 107 Å². The number of hydrogen-bond donors (Lipinski definition) is 2. The maximum atomic E-state index is 6.72. The summed E-state index contributed by atoms with van der Waals surface area (Å²) in [6.45, 7) is 3.90. The average Bonchev–Trinajstić information content (AvgIpc) is 3.03. The highest BCUT2D eigenvalue weighted by molar-refractivity contribution is 7.99. The van der Waals surface area contributed by atoms with Crippen LogP contribution in [-0.4, -0.2) is 33.3 Å². The molecule has 4 N–H and O–H groups in total. The van der Waals surface area contributed by atoms with Crippen molar-refractivity contribution in [3.63, 3.8) is 0 Å². The number of aromatic nitrogens is 4. The smallest absolute Gasteiger partial charge is 0.245 e. The van der Waals surface area contributed by atoms with Gasteiger partial charge in [-0.25, -0.2) is 9.97 Å². The molecule has 1 aliphatic carbocycles. The summed E-state index contributed by atoms with van der Waals surface area (Å²) < 4.78 is 0. The first-order valence-corrected chi connectivity index (χ1v) is 11.5. The fourth-order valence-corrected chi connectivity index (χ4v) is 5.70. The minimum absolute atomic E-state index is 0.0978. The van der Waals surface area contributed by atoms with E-state index in [1.807, 2.05) is 0 Å². The third kappa shape index (κ3) is 3.73. The lowest BCUT2D eigenvalue weighted by molar-refractivity contribution is 0.186. The van der Waals surface area contributed by atoms with Crippen LogP contribution in [0.2, 0.25) is 5.02 Å². The Morgan fingerprint density at radius 3 is 2.71 bits per heavy atom. The summed E-state index contributed by atoms with van der Waals surface area (Å²) in [5.74, 6) is 0.952.